The van der Waals surface area contributed by atoms with Gasteiger partial charge >= 0.3 is 0 Å². The Hall–Kier alpha value is -1.12. The van der Waals surface area contributed by atoms with E-state index in [-0.39, 0.29) is 0 Å². The summed E-state index contributed by atoms with van der Waals surface area (Å²) in [6.45, 7) is 3.05. The molecule has 0 bridgehead atoms. The third-order valence-electron chi connectivity index (χ3n) is 2.47. The third kappa shape index (κ3) is 2.28. The topological polar surface area (TPSA) is 12.0 Å². The molecular weight excluding hydrogens is 202 g/mol. The molecule has 1 heterocycles. The van der Waals surface area contributed by atoms with Crippen LogP contribution in [0.25, 0.3) is 11.1 Å². The molecule has 1 aromatic carbocycles. The van der Waals surface area contributed by atoms with Crippen molar-refractivity contribution in [3.8, 4) is 11.1 Å². The van der Waals surface area contributed by atoms with Gasteiger partial charge in [-0.25, -0.2) is 0 Å². The van der Waals surface area contributed by atoms with E-state index in [9.17, 15) is 0 Å². The molecule has 1 aromatic heterocycles. The summed E-state index contributed by atoms with van der Waals surface area (Å²) in [6, 6.07) is 8.71. The van der Waals surface area contributed by atoms with E-state index in [4.69, 9.17) is 0 Å². The first-order chi connectivity index (χ1) is 7.31. The van der Waals surface area contributed by atoms with Crippen LogP contribution in [0.15, 0.2) is 35.0 Å². The lowest BCUT2D eigenvalue weighted by Gasteiger charge is -2.04. The highest BCUT2D eigenvalue weighted by Crippen LogP contribution is 2.27. The van der Waals surface area contributed by atoms with E-state index in [1.807, 2.05) is 7.05 Å². The lowest BCUT2D eigenvalue weighted by Crippen LogP contribution is -2.04. The SMILES string of the molecule is CNCc1cscc1-c1ccc(C)cc1. The monoisotopic (exact) mass is 217 g/mol. The first kappa shape index (κ1) is 10.4. The maximum atomic E-state index is 3.20. The summed E-state index contributed by atoms with van der Waals surface area (Å²) in [5, 5.41) is 7.63. The molecule has 2 heteroatoms. The molecule has 0 amide bonds. The maximum Gasteiger partial charge on any atom is 0.0216 e. The highest BCUT2D eigenvalue weighted by Gasteiger charge is 2.04. The van der Waals surface area contributed by atoms with Gasteiger partial charge < -0.3 is 5.32 Å². The second-order valence-electron chi connectivity index (χ2n) is 3.71. The minimum Gasteiger partial charge on any atom is -0.316 e. The predicted molar refractivity (Wildman–Crippen MR) is 67.3 cm³/mol. The van der Waals surface area contributed by atoms with E-state index >= 15 is 0 Å². The summed E-state index contributed by atoms with van der Waals surface area (Å²) >= 11 is 1.77. The lowest BCUT2D eigenvalue weighted by atomic mass is 10.0. The quantitative estimate of drug-likeness (QED) is 0.830. The van der Waals surface area contributed by atoms with Gasteiger partial charge in [0.05, 0.1) is 0 Å². The van der Waals surface area contributed by atoms with Gasteiger partial charge in [-0.2, -0.15) is 11.3 Å². The van der Waals surface area contributed by atoms with Crippen molar-refractivity contribution in [2.45, 2.75) is 13.5 Å². The van der Waals surface area contributed by atoms with Crippen molar-refractivity contribution < 1.29 is 0 Å². The molecule has 1 nitrogen and oxygen atoms in total. The molecule has 0 radical (unpaired) electrons. The minimum atomic E-state index is 0.937. The van der Waals surface area contributed by atoms with Crippen molar-refractivity contribution in [3.63, 3.8) is 0 Å². The standard InChI is InChI=1S/C13H15NS/c1-10-3-5-11(6-4-10)13-9-15-8-12(13)7-14-2/h3-6,8-9,14H,7H2,1-2H3. The van der Waals surface area contributed by atoms with Crippen LogP contribution in [0.4, 0.5) is 0 Å². The van der Waals surface area contributed by atoms with Crippen molar-refractivity contribution in [2.24, 2.45) is 0 Å². The molecule has 0 fully saturated rings. The molecule has 0 unspecified atom stereocenters. The Balaban J connectivity index is 2.36. The number of hydrogen-bond acceptors (Lipinski definition) is 2. The highest BCUT2D eigenvalue weighted by atomic mass is 32.1. The first-order valence-electron chi connectivity index (χ1n) is 5.08. The van der Waals surface area contributed by atoms with E-state index < -0.39 is 0 Å². The van der Waals surface area contributed by atoms with Crippen LogP contribution in [-0.4, -0.2) is 7.05 Å². The Kier molecular flexibility index (Phi) is 3.19. The van der Waals surface area contributed by atoms with Crippen LogP contribution in [0.1, 0.15) is 11.1 Å². The Labute approximate surface area is 94.8 Å². The fourth-order valence-electron chi connectivity index (χ4n) is 1.64. The second-order valence-corrected chi connectivity index (χ2v) is 4.45. The van der Waals surface area contributed by atoms with E-state index in [1.165, 1.54) is 22.3 Å². The fraction of sp³-hybridized carbons (Fsp3) is 0.231. The Bertz CT molecular complexity index is 428. The average molecular weight is 217 g/mol. The van der Waals surface area contributed by atoms with Gasteiger partial charge in [-0.1, -0.05) is 29.8 Å². The molecule has 0 saturated heterocycles. The predicted octanol–water partition coefficient (Wildman–Crippen LogP) is 3.44. The van der Waals surface area contributed by atoms with Gasteiger partial charge in [0.1, 0.15) is 0 Å². The van der Waals surface area contributed by atoms with Crippen LogP contribution >= 0.6 is 11.3 Å². The number of aryl methyl sites for hydroxylation is 1. The van der Waals surface area contributed by atoms with Gasteiger partial charge in [-0.3, -0.25) is 0 Å². The number of nitrogens with one attached hydrogen (secondary N) is 1. The van der Waals surface area contributed by atoms with Gasteiger partial charge in [0.15, 0.2) is 0 Å². The Morgan fingerprint density at radius 1 is 1.13 bits per heavy atom. The maximum absolute atomic E-state index is 3.20. The number of hydrogen-bond donors (Lipinski definition) is 1. The smallest absolute Gasteiger partial charge is 0.0216 e. The van der Waals surface area contributed by atoms with Crippen LogP contribution < -0.4 is 5.32 Å². The highest BCUT2D eigenvalue weighted by molar-refractivity contribution is 7.08. The van der Waals surface area contributed by atoms with Crippen molar-refractivity contribution in [1.29, 1.82) is 0 Å². The zero-order valence-electron chi connectivity index (χ0n) is 9.08. The molecule has 0 aliphatic heterocycles. The number of rotatable bonds is 3. The summed E-state index contributed by atoms with van der Waals surface area (Å²) in [5.41, 5.74) is 5.36. The van der Waals surface area contributed by atoms with Gasteiger partial charge in [-0.15, -0.1) is 0 Å². The van der Waals surface area contributed by atoms with Crippen LogP contribution in [0.2, 0.25) is 0 Å². The summed E-state index contributed by atoms with van der Waals surface area (Å²) in [7, 11) is 1.98. The van der Waals surface area contributed by atoms with Crippen LogP contribution in [0, 0.1) is 6.92 Å². The zero-order chi connectivity index (χ0) is 10.7. The summed E-state index contributed by atoms with van der Waals surface area (Å²) in [4.78, 5) is 0. The van der Waals surface area contributed by atoms with Crippen molar-refractivity contribution in [1.82, 2.24) is 5.32 Å². The molecule has 0 spiro atoms. The molecule has 0 saturated carbocycles. The molecule has 0 aliphatic rings. The normalized spacial score (nSPS) is 10.5. The molecule has 78 valence electrons. The molecule has 2 rings (SSSR count). The Morgan fingerprint density at radius 2 is 1.87 bits per heavy atom. The van der Waals surface area contributed by atoms with Gasteiger partial charge in [0.25, 0.3) is 0 Å². The molecule has 2 aromatic rings. The molecule has 1 N–H and O–H groups in total. The van der Waals surface area contributed by atoms with E-state index in [0.29, 0.717) is 0 Å². The molecule has 15 heavy (non-hydrogen) atoms. The van der Waals surface area contributed by atoms with Crippen molar-refractivity contribution in [3.05, 3.63) is 46.2 Å². The van der Waals surface area contributed by atoms with Crippen LogP contribution in [-0.2, 0) is 6.54 Å². The van der Waals surface area contributed by atoms with Crippen LogP contribution in [0.3, 0.4) is 0 Å². The first-order valence-corrected chi connectivity index (χ1v) is 6.02. The number of benzene rings is 1. The summed E-state index contributed by atoms with van der Waals surface area (Å²) in [6.07, 6.45) is 0. The van der Waals surface area contributed by atoms with Crippen molar-refractivity contribution in [2.75, 3.05) is 7.05 Å². The Morgan fingerprint density at radius 3 is 2.53 bits per heavy atom. The average Bonchev–Trinajstić information content (AvgIpc) is 2.68. The number of thiophene rings is 1. The van der Waals surface area contributed by atoms with E-state index in [1.54, 1.807) is 11.3 Å². The van der Waals surface area contributed by atoms with E-state index in [0.717, 1.165) is 6.54 Å². The molecule has 0 atom stereocenters. The fourth-order valence-corrected chi connectivity index (χ4v) is 2.50. The second kappa shape index (κ2) is 4.60. The minimum absolute atomic E-state index is 0.937. The van der Waals surface area contributed by atoms with Gasteiger partial charge in [-0.05, 0) is 41.4 Å². The summed E-state index contributed by atoms with van der Waals surface area (Å²) in [5.74, 6) is 0. The van der Waals surface area contributed by atoms with E-state index in [2.05, 4.69) is 47.3 Å². The zero-order valence-corrected chi connectivity index (χ0v) is 9.90. The van der Waals surface area contributed by atoms with Crippen LogP contribution in [0.5, 0.6) is 0 Å². The molecule has 0 aliphatic carbocycles. The molecular formula is C13H15NS. The van der Waals surface area contributed by atoms with Gasteiger partial charge in [0.2, 0.25) is 0 Å². The summed E-state index contributed by atoms with van der Waals surface area (Å²) < 4.78 is 0. The van der Waals surface area contributed by atoms with Crippen molar-refractivity contribution >= 4 is 11.3 Å². The lowest BCUT2D eigenvalue weighted by molar-refractivity contribution is 0.822. The largest absolute Gasteiger partial charge is 0.316 e. The van der Waals surface area contributed by atoms with Gasteiger partial charge in [0, 0.05) is 6.54 Å². The third-order valence-corrected chi connectivity index (χ3v) is 3.26.